The predicted molar refractivity (Wildman–Crippen MR) is 63.3 cm³/mol. The van der Waals surface area contributed by atoms with Gasteiger partial charge in [-0.25, -0.2) is 4.39 Å². The highest BCUT2D eigenvalue weighted by atomic mass is 35.5. The fraction of sp³-hybridized carbons (Fsp3) is 0.364. The van der Waals surface area contributed by atoms with Crippen LogP contribution in [0.15, 0.2) is 24.3 Å². The Kier molecular flexibility index (Phi) is 4.71. The number of hydrogen-bond donors (Lipinski definition) is 2. The monoisotopic (exact) mass is 244 g/mol. The van der Waals surface area contributed by atoms with Crippen molar-refractivity contribution in [3.8, 4) is 0 Å². The van der Waals surface area contributed by atoms with Crippen LogP contribution in [-0.2, 0) is 4.79 Å². The zero-order chi connectivity index (χ0) is 10.7. The number of carbonyl (C=O) groups excluding carboxylic acids is 1. The highest BCUT2D eigenvalue weighted by molar-refractivity contribution is 5.94. The normalized spacial score (nSPS) is 18.9. The quantitative estimate of drug-likeness (QED) is 0.835. The van der Waals surface area contributed by atoms with Crippen molar-refractivity contribution in [2.45, 2.75) is 18.9 Å². The maximum Gasteiger partial charge on any atom is 0.241 e. The van der Waals surface area contributed by atoms with E-state index in [0.717, 1.165) is 19.4 Å². The molecule has 1 atom stereocenters. The first-order chi connectivity index (χ1) is 7.25. The summed E-state index contributed by atoms with van der Waals surface area (Å²) in [6, 6.07) is 5.68. The number of amides is 1. The summed E-state index contributed by atoms with van der Waals surface area (Å²) >= 11 is 0. The van der Waals surface area contributed by atoms with Crippen molar-refractivity contribution < 1.29 is 9.18 Å². The van der Waals surface area contributed by atoms with Gasteiger partial charge in [0.1, 0.15) is 5.82 Å². The molecule has 0 spiro atoms. The Hall–Kier alpha value is -1.13. The molecule has 0 unspecified atom stereocenters. The van der Waals surface area contributed by atoms with Gasteiger partial charge in [-0.1, -0.05) is 0 Å². The topological polar surface area (TPSA) is 41.1 Å². The van der Waals surface area contributed by atoms with Crippen LogP contribution in [-0.4, -0.2) is 18.5 Å². The lowest BCUT2D eigenvalue weighted by atomic mass is 10.2. The third-order valence-corrected chi connectivity index (χ3v) is 2.49. The molecule has 3 nitrogen and oxygen atoms in total. The molecule has 1 aliphatic heterocycles. The maximum atomic E-state index is 12.6. The summed E-state index contributed by atoms with van der Waals surface area (Å²) in [5.74, 6) is -0.342. The smallest absolute Gasteiger partial charge is 0.241 e. The number of carbonyl (C=O) groups is 1. The lowest BCUT2D eigenvalue weighted by Gasteiger charge is -2.10. The van der Waals surface area contributed by atoms with Gasteiger partial charge in [-0.15, -0.1) is 12.4 Å². The SMILES string of the molecule is Cl.O=C(Nc1ccc(F)cc1)[C@@H]1CCCN1. The summed E-state index contributed by atoms with van der Waals surface area (Å²) in [4.78, 5) is 11.6. The van der Waals surface area contributed by atoms with Gasteiger partial charge in [0.05, 0.1) is 6.04 Å². The van der Waals surface area contributed by atoms with Crippen LogP contribution in [0.5, 0.6) is 0 Å². The van der Waals surface area contributed by atoms with Crippen LogP contribution in [0.25, 0.3) is 0 Å². The van der Waals surface area contributed by atoms with Crippen molar-refractivity contribution in [3.05, 3.63) is 30.1 Å². The van der Waals surface area contributed by atoms with Crippen LogP contribution in [0.4, 0.5) is 10.1 Å². The number of anilines is 1. The van der Waals surface area contributed by atoms with E-state index in [4.69, 9.17) is 0 Å². The molecule has 1 aliphatic rings. The molecule has 16 heavy (non-hydrogen) atoms. The second-order valence-corrected chi connectivity index (χ2v) is 3.65. The Labute approximate surface area is 99.8 Å². The van der Waals surface area contributed by atoms with Crippen molar-refractivity contribution in [1.82, 2.24) is 5.32 Å². The summed E-state index contributed by atoms with van der Waals surface area (Å²) in [7, 11) is 0. The van der Waals surface area contributed by atoms with Crippen molar-refractivity contribution in [3.63, 3.8) is 0 Å². The van der Waals surface area contributed by atoms with Crippen molar-refractivity contribution >= 4 is 24.0 Å². The van der Waals surface area contributed by atoms with Gasteiger partial charge in [0.25, 0.3) is 0 Å². The van der Waals surface area contributed by atoms with E-state index in [1.54, 1.807) is 12.1 Å². The number of benzene rings is 1. The second-order valence-electron chi connectivity index (χ2n) is 3.65. The lowest BCUT2D eigenvalue weighted by molar-refractivity contribution is -0.117. The molecule has 1 saturated heterocycles. The molecule has 1 aromatic rings. The standard InChI is InChI=1S/C11H13FN2O.ClH/c12-8-3-5-9(6-4-8)14-11(15)10-2-1-7-13-10;/h3-6,10,13H,1-2,7H2,(H,14,15);1H/t10-;/m0./s1. The van der Waals surface area contributed by atoms with Gasteiger partial charge in [-0.05, 0) is 43.7 Å². The van der Waals surface area contributed by atoms with Crippen LogP contribution in [0.2, 0.25) is 0 Å². The Bertz CT molecular complexity index is 350. The van der Waals surface area contributed by atoms with Gasteiger partial charge in [0, 0.05) is 5.69 Å². The van der Waals surface area contributed by atoms with E-state index in [-0.39, 0.29) is 30.2 Å². The molecule has 0 aliphatic carbocycles. The molecule has 2 N–H and O–H groups in total. The van der Waals surface area contributed by atoms with Crippen LogP contribution in [0.1, 0.15) is 12.8 Å². The van der Waals surface area contributed by atoms with E-state index in [0.29, 0.717) is 5.69 Å². The van der Waals surface area contributed by atoms with Crippen LogP contribution in [0, 0.1) is 5.82 Å². The summed E-state index contributed by atoms with van der Waals surface area (Å²) in [6.07, 6.45) is 1.90. The van der Waals surface area contributed by atoms with Crippen LogP contribution >= 0.6 is 12.4 Å². The molecule has 0 radical (unpaired) electrons. The maximum absolute atomic E-state index is 12.6. The number of rotatable bonds is 2. The van der Waals surface area contributed by atoms with Gasteiger partial charge in [0.2, 0.25) is 5.91 Å². The van der Waals surface area contributed by atoms with E-state index in [2.05, 4.69) is 10.6 Å². The van der Waals surface area contributed by atoms with Gasteiger partial charge in [-0.2, -0.15) is 0 Å². The predicted octanol–water partition coefficient (Wildman–Crippen LogP) is 1.94. The molecule has 5 heteroatoms. The molecule has 1 amide bonds. The first kappa shape index (κ1) is 12.9. The van der Waals surface area contributed by atoms with Crippen LogP contribution < -0.4 is 10.6 Å². The molecule has 1 aromatic carbocycles. The Morgan fingerprint density at radius 2 is 2.06 bits per heavy atom. The van der Waals surface area contributed by atoms with Gasteiger partial charge in [0.15, 0.2) is 0 Å². The zero-order valence-electron chi connectivity index (χ0n) is 8.70. The first-order valence-electron chi connectivity index (χ1n) is 5.05. The van der Waals surface area contributed by atoms with Crippen molar-refractivity contribution in [2.24, 2.45) is 0 Å². The number of nitrogens with one attached hydrogen (secondary N) is 2. The van der Waals surface area contributed by atoms with E-state index < -0.39 is 0 Å². The Balaban J connectivity index is 0.00000128. The fourth-order valence-electron chi connectivity index (χ4n) is 1.67. The molecule has 88 valence electrons. The molecular weight excluding hydrogens is 231 g/mol. The average Bonchev–Trinajstić information content (AvgIpc) is 2.74. The van der Waals surface area contributed by atoms with E-state index >= 15 is 0 Å². The van der Waals surface area contributed by atoms with Crippen molar-refractivity contribution in [2.75, 3.05) is 11.9 Å². The summed E-state index contributed by atoms with van der Waals surface area (Å²) < 4.78 is 12.6. The lowest BCUT2D eigenvalue weighted by Crippen LogP contribution is -2.35. The molecule has 0 aromatic heterocycles. The summed E-state index contributed by atoms with van der Waals surface area (Å²) in [5, 5.41) is 5.84. The van der Waals surface area contributed by atoms with Gasteiger partial charge >= 0.3 is 0 Å². The second kappa shape index (κ2) is 5.82. The molecular formula is C11H14ClFN2O. The number of hydrogen-bond acceptors (Lipinski definition) is 2. The highest BCUT2D eigenvalue weighted by Gasteiger charge is 2.21. The van der Waals surface area contributed by atoms with Crippen LogP contribution in [0.3, 0.4) is 0 Å². The molecule has 1 heterocycles. The summed E-state index contributed by atoms with van der Waals surface area (Å²) in [5.41, 5.74) is 0.634. The van der Waals surface area contributed by atoms with Gasteiger partial charge in [-0.3, -0.25) is 4.79 Å². The minimum absolute atomic E-state index is 0. The zero-order valence-corrected chi connectivity index (χ0v) is 9.52. The number of halogens is 2. The minimum atomic E-state index is -0.299. The van der Waals surface area contributed by atoms with E-state index in [1.807, 2.05) is 0 Å². The minimum Gasteiger partial charge on any atom is -0.325 e. The first-order valence-corrected chi connectivity index (χ1v) is 5.05. The van der Waals surface area contributed by atoms with E-state index in [9.17, 15) is 9.18 Å². The Morgan fingerprint density at radius 3 is 2.62 bits per heavy atom. The molecule has 0 saturated carbocycles. The third kappa shape index (κ3) is 3.18. The molecule has 0 bridgehead atoms. The molecule has 1 fully saturated rings. The Morgan fingerprint density at radius 1 is 1.38 bits per heavy atom. The van der Waals surface area contributed by atoms with E-state index in [1.165, 1.54) is 12.1 Å². The summed E-state index contributed by atoms with van der Waals surface area (Å²) in [6.45, 7) is 0.890. The fourth-order valence-corrected chi connectivity index (χ4v) is 1.67. The highest BCUT2D eigenvalue weighted by Crippen LogP contribution is 2.11. The molecule has 2 rings (SSSR count). The average molecular weight is 245 g/mol. The van der Waals surface area contributed by atoms with Crippen molar-refractivity contribution in [1.29, 1.82) is 0 Å². The third-order valence-electron chi connectivity index (χ3n) is 2.49. The largest absolute Gasteiger partial charge is 0.325 e. The van der Waals surface area contributed by atoms with Gasteiger partial charge < -0.3 is 10.6 Å².